The van der Waals surface area contributed by atoms with Crippen LogP contribution in [0.2, 0.25) is 0 Å². The van der Waals surface area contributed by atoms with E-state index < -0.39 is 153 Å². The fourth-order valence-corrected chi connectivity index (χ4v) is 3.69. The third kappa shape index (κ3) is 20.5. The van der Waals surface area contributed by atoms with Gasteiger partial charge in [0.15, 0.2) is 0 Å². The lowest BCUT2D eigenvalue weighted by atomic mass is 10.1. The molecule has 288 valence electrons. The molecule has 26 heteroatoms. The topological polar surface area (TPSA) is 425 Å². The highest BCUT2D eigenvalue weighted by atomic mass is 16.4. The Morgan fingerprint density at radius 2 is 0.654 bits per heavy atom. The molecule has 0 bridgehead atoms. The van der Waals surface area contributed by atoms with Crippen LogP contribution < -0.4 is 48.3 Å². The molecular weight excluding hydrogens is 710 g/mol. The van der Waals surface area contributed by atoms with Crippen LogP contribution in [0.15, 0.2) is 0 Å². The van der Waals surface area contributed by atoms with E-state index in [0.717, 1.165) is 6.92 Å². The second-order valence-corrected chi connectivity index (χ2v) is 10.3. The molecule has 0 aliphatic rings. The molecule has 0 aliphatic carbocycles. The number of aliphatic carboxylic acids is 4. The molecule has 0 spiro atoms. The zero-order valence-corrected chi connectivity index (χ0v) is 27.1. The summed E-state index contributed by atoms with van der Waals surface area (Å²) in [4.78, 5) is 153. The summed E-state index contributed by atoms with van der Waals surface area (Å²) < 4.78 is 0. The summed E-state index contributed by atoms with van der Waals surface area (Å²) in [6.45, 7) is -2.59. The molecule has 14 N–H and O–H groups in total. The summed E-state index contributed by atoms with van der Waals surface area (Å²) in [6, 6.07) is -7.05. The second-order valence-electron chi connectivity index (χ2n) is 10.3. The number of carboxylic acids is 4. The monoisotopic (exact) mass is 747 g/mol. The van der Waals surface area contributed by atoms with Crippen molar-refractivity contribution in [3.63, 3.8) is 0 Å². The minimum absolute atomic E-state index is 0.687. The maximum atomic E-state index is 12.6. The number of carbonyl (C=O) groups is 13. The molecule has 0 aliphatic heterocycles. The van der Waals surface area contributed by atoms with E-state index in [1.807, 2.05) is 37.2 Å². The van der Waals surface area contributed by atoms with Gasteiger partial charge in [-0.15, -0.1) is 0 Å². The average molecular weight is 748 g/mol. The Kier molecular flexibility index (Phi) is 19.7. The molecule has 26 nitrogen and oxygen atoms in total. The molecular formula is C26H37N9O17. The highest BCUT2D eigenvalue weighted by Crippen LogP contribution is 1.98. The average Bonchev–Trinajstić information content (AvgIpc) is 3.01. The molecule has 0 aromatic heterocycles. The van der Waals surface area contributed by atoms with Gasteiger partial charge < -0.3 is 68.7 Å². The van der Waals surface area contributed by atoms with Crippen molar-refractivity contribution in [3.8, 4) is 0 Å². The molecule has 0 saturated carbocycles. The number of primary amides is 1. The summed E-state index contributed by atoms with van der Waals surface area (Å²) >= 11 is 0. The van der Waals surface area contributed by atoms with E-state index in [1.165, 1.54) is 0 Å². The maximum Gasteiger partial charge on any atom is 0.305 e. The van der Waals surface area contributed by atoms with Crippen LogP contribution >= 0.6 is 0 Å². The van der Waals surface area contributed by atoms with E-state index in [-0.39, 0.29) is 0 Å². The molecule has 0 unspecified atom stereocenters. The molecule has 0 fully saturated rings. The van der Waals surface area contributed by atoms with Gasteiger partial charge in [-0.2, -0.15) is 0 Å². The van der Waals surface area contributed by atoms with E-state index in [4.69, 9.17) is 26.2 Å². The molecule has 9 amide bonds. The quantitative estimate of drug-likeness (QED) is 0.0436. The van der Waals surface area contributed by atoms with Crippen LogP contribution in [0.25, 0.3) is 0 Å². The number of hydrogen-bond acceptors (Lipinski definition) is 13. The van der Waals surface area contributed by atoms with Gasteiger partial charge >= 0.3 is 23.9 Å². The minimum Gasteiger partial charge on any atom is -0.481 e. The maximum absolute atomic E-state index is 12.6. The van der Waals surface area contributed by atoms with Crippen LogP contribution in [0.3, 0.4) is 0 Å². The Labute approximate surface area is 291 Å². The predicted molar refractivity (Wildman–Crippen MR) is 164 cm³/mol. The second kappa shape index (κ2) is 22.7. The van der Waals surface area contributed by atoms with Crippen LogP contribution in [-0.4, -0.2) is 148 Å². The van der Waals surface area contributed by atoms with E-state index >= 15 is 0 Å². The van der Waals surface area contributed by atoms with Crippen LogP contribution in [0.4, 0.5) is 0 Å². The van der Waals surface area contributed by atoms with E-state index in [1.54, 1.807) is 0 Å². The van der Waals surface area contributed by atoms with Gasteiger partial charge in [0.1, 0.15) is 24.2 Å². The first kappa shape index (κ1) is 45.1. The number of nitrogens with one attached hydrogen (secondary N) is 8. The lowest BCUT2D eigenvalue weighted by Gasteiger charge is -2.20. The van der Waals surface area contributed by atoms with Gasteiger partial charge in [0.2, 0.25) is 53.2 Å². The van der Waals surface area contributed by atoms with Crippen molar-refractivity contribution in [1.82, 2.24) is 42.5 Å². The van der Waals surface area contributed by atoms with Crippen LogP contribution in [0, 0.1) is 0 Å². The van der Waals surface area contributed by atoms with Crippen LogP contribution in [-0.2, 0) is 62.3 Å². The highest BCUT2D eigenvalue weighted by molar-refractivity contribution is 5.98. The Morgan fingerprint density at radius 3 is 0.865 bits per heavy atom. The first-order valence-corrected chi connectivity index (χ1v) is 14.5. The van der Waals surface area contributed by atoms with Crippen molar-refractivity contribution in [3.05, 3.63) is 0 Å². The standard InChI is InChI=1S/C26H37N9O17/c1-10(36)32-11(2-19(41)42)23(49)29-7-16(38)34-13(4-21(45)46)25(51)31-9-18(40)35-14(5-22(47)48)26(52)30-8-17(39)33-12(3-20(43)44)24(50)28-6-15(27)37/h11-14H,2-9H2,1H3,(H2,27,37)(H,28,50)(H,29,49)(H,30,52)(H,31,51)(H,32,36)(H,33,39)(H,34,38)(H,35,40)(H,41,42)(H,43,44)(H,45,46)(H,47,48)/t11-,12-,13-,14-/m0/s1. The lowest BCUT2D eigenvalue weighted by molar-refractivity contribution is -0.141. The van der Waals surface area contributed by atoms with Gasteiger partial charge in [-0.3, -0.25) is 62.3 Å². The largest absolute Gasteiger partial charge is 0.481 e. The molecule has 52 heavy (non-hydrogen) atoms. The fraction of sp³-hybridized carbons (Fsp3) is 0.500. The smallest absolute Gasteiger partial charge is 0.305 e. The van der Waals surface area contributed by atoms with Gasteiger partial charge in [0, 0.05) is 6.92 Å². The van der Waals surface area contributed by atoms with Crippen LogP contribution in [0.5, 0.6) is 0 Å². The number of nitrogens with two attached hydrogens (primary N) is 1. The number of rotatable bonds is 24. The number of hydrogen-bond donors (Lipinski definition) is 13. The highest BCUT2D eigenvalue weighted by Gasteiger charge is 2.29. The van der Waals surface area contributed by atoms with Gasteiger partial charge in [-0.05, 0) is 0 Å². The summed E-state index contributed by atoms with van der Waals surface area (Å²) in [6.07, 6.45) is -3.91. The van der Waals surface area contributed by atoms with Crippen LogP contribution in [0.1, 0.15) is 32.6 Å². The lowest BCUT2D eigenvalue weighted by Crippen LogP contribution is -2.55. The van der Waals surface area contributed by atoms with Gasteiger partial charge in [0.25, 0.3) is 0 Å². The van der Waals surface area contributed by atoms with E-state index in [9.17, 15) is 62.3 Å². The molecule has 0 rings (SSSR count). The molecule has 0 aromatic carbocycles. The first-order valence-electron chi connectivity index (χ1n) is 14.5. The molecule has 0 saturated heterocycles. The summed E-state index contributed by atoms with van der Waals surface area (Å²) in [7, 11) is 0. The summed E-state index contributed by atoms with van der Waals surface area (Å²) in [5.41, 5.74) is 4.88. The van der Waals surface area contributed by atoms with E-state index in [2.05, 4.69) is 5.32 Å². The Hall–Kier alpha value is -6.89. The minimum atomic E-state index is -1.89. The van der Waals surface area contributed by atoms with Crippen molar-refractivity contribution in [2.75, 3.05) is 26.2 Å². The number of amides is 9. The Bertz CT molecular complexity index is 1430. The van der Waals surface area contributed by atoms with Crippen molar-refractivity contribution < 1.29 is 82.8 Å². The normalized spacial score (nSPS) is 12.5. The molecule has 4 atom stereocenters. The number of carbonyl (C=O) groups excluding carboxylic acids is 9. The Morgan fingerprint density at radius 1 is 0.423 bits per heavy atom. The Balaban J connectivity index is 5.32. The molecule has 0 heterocycles. The van der Waals surface area contributed by atoms with Crippen molar-refractivity contribution >= 4 is 77.0 Å². The third-order valence-corrected chi connectivity index (χ3v) is 5.87. The summed E-state index contributed by atoms with van der Waals surface area (Å²) in [5.74, 6) is -16.2. The van der Waals surface area contributed by atoms with Gasteiger partial charge in [-0.1, -0.05) is 0 Å². The van der Waals surface area contributed by atoms with Crippen molar-refractivity contribution in [2.45, 2.75) is 56.8 Å². The predicted octanol–water partition coefficient (Wildman–Crippen LogP) is -8.21. The fourth-order valence-electron chi connectivity index (χ4n) is 3.69. The van der Waals surface area contributed by atoms with E-state index in [0.29, 0.717) is 0 Å². The van der Waals surface area contributed by atoms with Crippen molar-refractivity contribution in [1.29, 1.82) is 0 Å². The molecule has 0 aromatic rings. The van der Waals surface area contributed by atoms with Gasteiger partial charge in [-0.25, -0.2) is 0 Å². The van der Waals surface area contributed by atoms with Crippen molar-refractivity contribution in [2.24, 2.45) is 5.73 Å². The zero-order valence-electron chi connectivity index (χ0n) is 27.1. The third-order valence-electron chi connectivity index (χ3n) is 5.87. The number of carboxylic acid groups (broad SMARTS) is 4. The SMILES string of the molecule is CC(=O)N[C@@H](CC(=O)O)C(=O)NCC(=O)N[C@@H](CC(=O)O)C(=O)NCC(=O)N[C@@H](CC(=O)O)C(=O)NCC(=O)N[C@@H](CC(=O)O)C(=O)NCC(N)=O. The first-order chi connectivity index (χ1) is 24.1. The zero-order chi connectivity index (χ0) is 40.1. The summed E-state index contributed by atoms with van der Waals surface area (Å²) in [5, 5.41) is 51.9. The van der Waals surface area contributed by atoms with Gasteiger partial charge in [0.05, 0.1) is 51.9 Å². The molecule has 0 radical (unpaired) electrons.